The zero-order valence-electron chi connectivity index (χ0n) is 10.6. The molecule has 0 bridgehead atoms. The average molecular weight is 291 g/mol. The van der Waals surface area contributed by atoms with Crippen LogP contribution in [0.25, 0.3) is 0 Å². The quantitative estimate of drug-likeness (QED) is 0.823. The number of aromatic nitrogens is 1. The van der Waals surface area contributed by atoms with Gasteiger partial charge >= 0.3 is 5.97 Å². The number of carboxylic acids is 1. The molecule has 1 aromatic heterocycles. The second kappa shape index (κ2) is 5.99. The summed E-state index contributed by atoms with van der Waals surface area (Å²) in [4.78, 5) is 25.4. The van der Waals surface area contributed by atoms with Crippen molar-refractivity contribution in [3.8, 4) is 0 Å². The van der Waals surface area contributed by atoms with Gasteiger partial charge in [-0.1, -0.05) is 36.4 Å². The first-order valence-corrected chi connectivity index (χ1v) is 7.35. The summed E-state index contributed by atoms with van der Waals surface area (Å²) in [5, 5.41) is 7.70. The Morgan fingerprint density at radius 1 is 1.15 bits per heavy atom. The largest absolute Gasteiger partial charge is 0.480 e. The zero-order valence-corrected chi connectivity index (χ0v) is 11.6. The van der Waals surface area contributed by atoms with E-state index in [2.05, 4.69) is 4.98 Å². The molecule has 1 aromatic carbocycles. The highest BCUT2D eigenvalue weighted by Crippen LogP contribution is 2.47. The smallest absolute Gasteiger partial charge is 0.324 e. The molecule has 2 aromatic rings. The molecule has 0 saturated heterocycles. The van der Waals surface area contributed by atoms with Gasteiger partial charge in [-0.05, 0) is 17.7 Å². The molecule has 20 heavy (non-hydrogen) atoms. The van der Waals surface area contributed by atoms with Crippen LogP contribution in [0.4, 0.5) is 0 Å². The topological polar surface area (TPSA) is 87.5 Å². The molecular weight excluding hydrogens is 277 g/mol. The van der Waals surface area contributed by atoms with Crippen molar-refractivity contribution in [2.24, 2.45) is 0 Å². The summed E-state index contributed by atoms with van der Waals surface area (Å²) in [6.07, 6.45) is 1.41. The van der Waals surface area contributed by atoms with E-state index in [9.17, 15) is 19.4 Å². The molecule has 0 aliphatic carbocycles. The molecule has 6 heteroatoms. The van der Waals surface area contributed by atoms with Crippen LogP contribution in [0, 0.1) is 0 Å². The maximum atomic E-state index is 11.8. The lowest BCUT2D eigenvalue weighted by atomic mass is 9.93. The summed E-state index contributed by atoms with van der Waals surface area (Å²) in [5.74, 6) is -1.32. The predicted molar refractivity (Wildman–Crippen MR) is 74.9 cm³/mol. The van der Waals surface area contributed by atoms with E-state index in [1.165, 1.54) is 6.20 Å². The summed E-state index contributed by atoms with van der Waals surface area (Å²) in [7, 11) is -3.37. The number of nitrogens with zero attached hydrogens (tertiary/aromatic N) is 1. The molecule has 0 fully saturated rings. The lowest BCUT2D eigenvalue weighted by Gasteiger charge is -2.26. The fraction of sp³-hybridized carbons (Fsp3) is 0.143. The minimum atomic E-state index is -3.37. The van der Waals surface area contributed by atoms with Crippen molar-refractivity contribution in [3.63, 3.8) is 0 Å². The molecule has 0 amide bonds. The molecule has 2 atom stereocenters. The van der Waals surface area contributed by atoms with Crippen LogP contribution in [0.3, 0.4) is 0 Å². The Kier molecular flexibility index (Phi) is 4.32. The first kappa shape index (κ1) is 14.4. The van der Waals surface area contributed by atoms with E-state index in [1.807, 2.05) is 0 Å². The van der Waals surface area contributed by atoms with Gasteiger partial charge in [-0.2, -0.15) is 0 Å². The second-order valence-corrected chi connectivity index (χ2v) is 5.84. The van der Waals surface area contributed by atoms with Gasteiger partial charge in [0.25, 0.3) is 0 Å². The summed E-state index contributed by atoms with van der Waals surface area (Å²) < 4.78 is 11.8. The van der Waals surface area contributed by atoms with Gasteiger partial charge in [0, 0.05) is 18.3 Å². The molecule has 0 aliphatic heterocycles. The molecule has 0 spiro atoms. The Morgan fingerprint density at radius 2 is 1.80 bits per heavy atom. The summed E-state index contributed by atoms with van der Waals surface area (Å²) >= 11 is 0. The Balaban J connectivity index is 2.55. The molecule has 5 nitrogen and oxygen atoms in total. The van der Waals surface area contributed by atoms with Gasteiger partial charge in [0.05, 0.1) is 0 Å². The molecule has 2 unspecified atom stereocenters. The fourth-order valence-electron chi connectivity index (χ4n) is 2.09. The van der Waals surface area contributed by atoms with E-state index < -0.39 is 19.2 Å². The summed E-state index contributed by atoms with van der Waals surface area (Å²) in [5.41, 5.74) is 0.774. The molecule has 2 rings (SSSR count). The number of carboxylic acid groups (broad SMARTS) is 1. The minimum absolute atomic E-state index is 0.124. The van der Waals surface area contributed by atoms with Crippen LogP contribution in [-0.4, -0.2) is 21.0 Å². The van der Waals surface area contributed by atoms with Crippen LogP contribution >= 0.6 is 8.03 Å². The van der Waals surface area contributed by atoms with Crippen LogP contribution in [0.1, 0.15) is 11.3 Å². The highest BCUT2D eigenvalue weighted by molar-refractivity contribution is 7.41. The lowest BCUT2D eigenvalue weighted by molar-refractivity contribution is -0.140. The third kappa shape index (κ3) is 2.64. The number of hydrogen-bond donors (Lipinski definition) is 2. The minimum Gasteiger partial charge on any atom is -0.480 e. The summed E-state index contributed by atoms with van der Waals surface area (Å²) in [6.45, 7) is 0. The molecule has 2 N–H and O–H groups in total. The number of benzene rings is 1. The fourth-order valence-corrected chi connectivity index (χ4v) is 3.02. The number of pyridine rings is 1. The van der Waals surface area contributed by atoms with E-state index >= 15 is 0 Å². The van der Waals surface area contributed by atoms with Gasteiger partial charge in [0.2, 0.25) is 8.03 Å². The van der Waals surface area contributed by atoms with Crippen molar-refractivity contribution in [2.45, 2.75) is 11.6 Å². The lowest BCUT2D eigenvalue weighted by Crippen LogP contribution is -2.35. The first-order valence-electron chi connectivity index (χ1n) is 5.99. The first-order chi connectivity index (χ1) is 9.57. The number of carbonyl (C=O) groups is 1. The van der Waals surface area contributed by atoms with Crippen molar-refractivity contribution in [1.82, 2.24) is 4.98 Å². The van der Waals surface area contributed by atoms with E-state index in [-0.39, 0.29) is 6.42 Å². The number of aliphatic carboxylic acids is 1. The highest BCUT2D eigenvalue weighted by Gasteiger charge is 2.46. The van der Waals surface area contributed by atoms with E-state index in [0.29, 0.717) is 11.3 Å². The molecule has 0 aliphatic rings. The standard InChI is InChI=1S/C14H14NO4P/c16-13(17)14(20(18)19,11-6-2-1-3-7-11)10-12-8-4-5-9-15-12/h1-9,20H,10H2,(H,16,17)(H,18,19). The molecule has 1 heterocycles. The molecule has 0 saturated carbocycles. The van der Waals surface area contributed by atoms with Crippen LogP contribution in [0.5, 0.6) is 0 Å². The second-order valence-electron chi connectivity index (χ2n) is 4.38. The zero-order chi connectivity index (χ0) is 14.6. The van der Waals surface area contributed by atoms with E-state index in [4.69, 9.17) is 0 Å². The van der Waals surface area contributed by atoms with E-state index in [1.54, 1.807) is 48.5 Å². The Hall–Kier alpha value is -1.97. The Bertz CT molecular complexity index is 602. The maximum absolute atomic E-state index is 11.8. The van der Waals surface area contributed by atoms with Crippen molar-refractivity contribution < 1.29 is 19.4 Å². The van der Waals surface area contributed by atoms with Crippen LogP contribution in [0.2, 0.25) is 0 Å². The van der Waals surface area contributed by atoms with Gasteiger partial charge in [-0.25, -0.2) is 0 Å². The van der Waals surface area contributed by atoms with Crippen molar-refractivity contribution in [3.05, 3.63) is 66.0 Å². The highest BCUT2D eigenvalue weighted by atomic mass is 31.1. The third-order valence-corrected chi connectivity index (χ3v) is 4.58. The number of hydrogen-bond acceptors (Lipinski definition) is 3. The normalized spacial score (nSPS) is 15.2. The SMILES string of the molecule is O=C(O)C(Cc1ccccn1)(c1ccccc1)[PH](=O)O. The van der Waals surface area contributed by atoms with Gasteiger partial charge < -0.3 is 10.00 Å². The van der Waals surface area contributed by atoms with Crippen molar-refractivity contribution in [2.75, 3.05) is 0 Å². The Labute approximate surface area is 116 Å². The summed E-state index contributed by atoms with van der Waals surface area (Å²) in [6, 6.07) is 13.2. The Morgan fingerprint density at radius 3 is 2.30 bits per heavy atom. The monoisotopic (exact) mass is 291 g/mol. The van der Waals surface area contributed by atoms with Crippen LogP contribution in [-0.2, 0) is 20.9 Å². The third-order valence-electron chi connectivity index (χ3n) is 3.17. The van der Waals surface area contributed by atoms with Gasteiger partial charge in [0.15, 0.2) is 5.16 Å². The molecular formula is C14H14NO4P. The molecule has 0 radical (unpaired) electrons. The average Bonchev–Trinajstić information content (AvgIpc) is 2.46. The van der Waals surface area contributed by atoms with Crippen LogP contribution in [0.15, 0.2) is 54.7 Å². The van der Waals surface area contributed by atoms with Crippen molar-refractivity contribution in [1.29, 1.82) is 0 Å². The van der Waals surface area contributed by atoms with Gasteiger partial charge in [-0.15, -0.1) is 0 Å². The molecule has 104 valence electrons. The maximum Gasteiger partial charge on any atom is 0.324 e. The van der Waals surface area contributed by atoms with Gasteiger partial charge in [-0.3, -0.25) is 14.3 Å². The predicted octanol–water partition coefficient (Wildman–Crippen LogP) is 2.07. The van der Waals surface area contributed by atoms with Gasteiger partial charge in [0.1, 0.15) is 0 Å². The number of rotatable bonds is 5. The van der Waals surface area contributed by atoms with Crippen LogP contribution < -0.4 is 0 Å². The van der Waals surface area contributed by atoms with Crippen molar-refractivity contribution >= 4 is 14.0 Å². The van der Waals surface area contributed by atoms with E-state index in [0.717, 1.165) is 0 Å².